The number of halogens is 1. The summed E-state index contributed by atoms with van der Waals surface area (Å²) in [6.45, 7) is 0. The minimum absolute atomic E-state index is 0.0478. The van der Waals surface area contributed by atoms with Crippen LogP contribution in [0.3, 0.4) is 0 Å². The Labute approximate surface area is 156 Å². The van der Waals surface area contributed by atoms with Gasteiger partial charge in [-0.15, -0.1) is 0 Å². The van der Waals surface area contributed by atoms with Crippen LogP contribution in [0.15, 0.2) is 83.8 Å². The number of hydrogen-bond acceptors (Lipinski definition) is 3. The molecule has 0 spiro atoms. The van der Waals surface area contributed by atoms with E-state index in [1.807, 2.05) is 6.07 Å². The number of nitrogens with one attached hydrogen (secondary N) is 3. The van der Waals surface area contributed by atoms with Gasteiger partial charge in [0.15, 0.2) is 0 Å². The molecule has 6 nitrogen and oxygen atoms in total. The van der Waals surface area contributed by atoms with Gasteiger partial charge in [0.05, 0.1) is 4.90 Å². The lowest BCUT2D eigenvalue weighted by Gasteiger charge is -2.10. The second-order valence-corrected chi connectivity index (χ2v) is 7.26. The van der Waals surface area contributed by atoms with Crippen molar-refractivity contribution in [2.45, 2.75) is 4.90 Å². The average molecular weight is 385 g/mol. The molecule has 0 bridgehead atoms. The second-order valence-electron chi connectivity index (χ2n) is 5.58. The lowest BCUT2D eigenvalue weighted by atomic mass is 10.3. The summed E-state index contributed by atoms with van der Waals surface area (Å²) in [5, 5.41) is 5.33. The molecule has 3 aromatic carbocycles. The molecular formula is C19H16FN3O3S. The smallest absolute Gasteiger partial charge is 0.308 e. The highest BCUT2D eigenvalue weighted by molar-refractivity contribution is 7.92. The molecule has 138 valence electrons. The molecule has 0 aliphatic rings. The number of urea groups is 1. The highest BCUT2D eigenvalue weighted by Gasteiger charge is 2.14. The maximum atomic E-state index is 12.9. The van der Waals surface area contributed by atoms with Crippen molar-refractivity contribution in [3.8, 4) is 0 Å². The van der Waals surface area contributed by atoms with Crippen LogP contribution >= 0.6 is 0 Å². The van der Waals surface area contributed by atoms with E-state index in [0.717, 1.165) is 12.1 Å². The molecule has 3 N–H and O–H groups in total. The van der Waals surface area contributed by atoms with Gasteiger partial charge in [0, 0.05) is 17.1 Å². The van der Waals surface area contributed by atoms with Gasteiger partial charge in [-0.05, 0) is 60.7 Å². The molecule has 0 atom stereocenters. The summed E-state index contributed by atoms with van der Waals surface area (Å²) in [5.41, 5.74) is 1.46. The van der Waals surface area contributed by atoms with Crippen LogP contribution in [0.2, 0.25) is 0 Å². The monoisotopic (exact) mass is 385 g/mol. The van der Waals surface area contributed by atoms with Crippen LogP contribution < -0.4 is 15.4 Å². The van der Waals surface area contributed by atoms with Crippen molar-refractivity contribution >= 4 is 33.1 Å². The molecule has 0 fully saturated rings. The fraction of sp³-hybridized carbons (Fsp3) is 0. The molecule has 3 aromatic rings. The van der Waals surface area contributed by atoms with Crippen molar-refractivity contribution < 1.29 is 17.6 Å². The van der Waals surface area contributed by atoms with E-state index in [9.17, 15) is 17.6 Å². The zero-order valence-electron chi connectivity index (χ0n) is 14.0. The van der Waals surface area contributed by atoms with Crippen LogP contribution in [0.25, 0.3) is 0 Å². The predicted molar refractivity (Wildman–Crippen MR) is 103 cm³/mol. The molecular weight excluding hydrogens is 369 g/mol. The summed E-state index contributed by atoms with van der Waals surface area (Å²) in [6, 6.07) is 19.2. The molecule has 0 aliphatic heterocycles. The first-order chi connectivity index (χ1) is 12.9. The largest absolute Gasteiger partial charge is 0.323 e. The Balaban J connectivity index is 1.63. The SMILES string of the molecule is O=C(Nc1ccccc1)Nc1ccc(NS(=O)(=O)c2ccc(F)cc2)cc1. The van der Waals surface area contributed by atoms with Crippen LogP contribution in [-0.2, 0) is 10.0 Å². The van der Waals surface area contributed by atoms with Gasteiger partial charge in [0.2, 0.25) is 0 Å². The van der Waals surface area contributed by atoms with E-state index >= 15 is 0 Å². The van der Waals surface area contributed by atoms with Crippen molar-refractivity contribution in [1.29, 1.82) is 0 Å². The van der Waals surface area contributed by atoms with Gasteiger partial charge in [-0.1, -0.05) is 18.2 Å². The highest BCUT2D eigenvalue weighted by atomic mass is 32.2. The quantitative estimate of drug-likeness (QED) is 0.613. The Bertz CT molecular complexity index is 1020. The third-order valence-corrected chi connectivity index (χ3v) is 4.95. The summed E-state index contributed by atoms with van der Waals surface area (Å²) in [4.78, 5) is 11.9. The summed E-state index contributed by atoms with van der Waals surface area (Å²) in [5.74, 6) is -0.516. The normalized spacial score (nSPS) is 10.9. The van der Waals surface area contributed by atoms with Crippen LogP contribution in [-0.4, -0.2) is 14.4 Å². The molecule has 0 saturated carbocycles. The van der Waals surface area contributed by atoms with E-state index < -0.39 is 21.9 Å². The zero-order valence-corrected chi connectivity index (χ0v) is 14.8. The highest BCUT2D eigenvalue weighted by Crippen LogP contribution is 2.19. The third kappa shape index (κ3) is 5.05. The van der Waals surface area contributed by atoms with Crippen LogP contribution in [0, 0.1) is 5.82 Å². The van der Waals surface area contributed by atoms with Crippen molar-refractivity contribution in [2.75, 3.05) is 15.4 Å². The minimum Gasteiger partial charge on any atom is -0.308 e. The molecule has 0 aliphatic carbocycles. The number of benzene rings is 3. The number of sulfonamides is 1. The maximum absolute atomic E-state index is 12.9. The minimum atomic E-state index is -3.82. The Hall–Kier alpha value is -3.39. The maximum Gasteiger partial charge on any atom is 0.323 e. The Morgan fingerprint density at radius 3 is 1.81 bits per heavy atom. The molecule has 0 saturated heterocycles. The van der Waals surface area contributed by atoms with E-state index in [2.05, 4.69) is 15.4 Å². The molecule has 2 amide bonds. The van der Waals surface area contributed by atoms with Crippen molar-refractivity contribution in [1.82, 2.24) is 0 Å². The number of para-hydroxylation sites is 1. The predicted octanol–water partition coefficient (Wildman–Crippen LogP) is 4.27. The first-order valence-electron chi connectivity index (χ1n) is 7.94. The number of rotatable bonds is 5. The molecule has 27 heavy (non-hydrogen) atoms. The second kappa shape index (κ2) is 7.88. The number of amides is 2. The van der Waals surface area contributed by atoms with Crippen molar-refractivity contribution in [3.05, 3.63) is 84.7 Å². The first-order valence-corrected chi connectivity index (χ1v) is 9.42. The topological polar surface area (TPSA) is 87.3 Å². The zero-order chi connectivity index (χ0) is 19.3. The van der Waals surface area contributed by atoms with E-state index in [1.165, 1.54) is 24.3 Å². The fourth-order valence-corrected chi connectivity index (χ4v) is 3.32. The van der Waals surface area contributed by atoms with Gasteiger partial charge >= 0.3 is 6.03 Å². The number of carbonyl (C=O) groups excluding carboxylic acids is 1. The Kier molecular flexibility index (Phi) is 5.37. The summed E-state index contributed by atoms with van der Waals surface area (Å²) in [7, 11) is -3.82. The first kappa shape index (κ1) is 18.4. The van der Waals surface area contributed by atoms with E-state index in [1.54, 1.807) is 36.4 Å². The van der Waals surface area contributed by atoms with Gasteiger partial charge in [-0.2, -0.15) is 0 Å². The third-order valence-electron chi connectivity index (χ3n) is 3.55. The lowest BCUT2D eigenvalue weighted by Crippen LogP contribution is -2.19. The molecule has 3 rings (SSSR count). The fourth-order valence-electron chi connectivity index (χ4n) is 2.26. The van der Waals surface area contributed by atoms with Gasteiger partial charge in [0.25, 0.3) is 10.0 Å². The van der Waals surface area contributed by atoms with E-state index in [0.29, 0.717) is 17.1 Å². The van der Waals surface area contributed by atoms with Gasteiger partial charge < -0.3 is 10.6 Å². The van der Waals surface area contributed by atoms with E-state index in [-0.39, 0.29) is 4.90 Å². The van der Waals surface area contributed by atoms with Crippen LogP contribution in [0.1, 0.15) is 0 Å². The summed E-state index contributed by atoms with van der Waals surface area (Å²) in [6.07, 6.45) is 0. The molecule has 0 unspecified atom stereocenters. The average Bonchev–Trinajstić information content (AvgIpc) is 2.64. The number of carbonyl (C=O) groups is 1. The Morgan fingerprint density at radius 1 is 0.704 bits per heavy atom. The van der Waals surface area contributed by atoms with Crippen LogP contribution in [0.5, 0.6) is 0 Å². The van der Waals surface area contributed by atoms with E-state index in [4.69, 9.17) is 0 Å². The van der Waals surface area contributed by atoms with Crippen molar-refractivity contribution in [3.63, 3.8) is 0 Å². The Morgan fingerprint density at radius 2 is 1.22 bits per heavy atom. The number of anilines is 3. The molecule has 0 radical (unpaired) electrons. The van der Waals surface area contributed by atoms with Crippen LogP contribution in [0.4, 0.5) is 26.2 Å². The lowest BCUT2D eigenvalue weighted by molar-refractivity contribution is 0.262. The molecule has 8 heteroatoms. The molecule has 0 aromatic heterocycles. The summed E-state index contributed by atoms with van der Waals surface area (Å²) < 4.78 is 39.9. The van der Waals surface area contributed by atoms with Gasteiger partial charge in [-0.25, -0.2) is 17.6 Å². The van der Waals surface area contributed by atoms with Gasteiger partial charge in [-0.3, -0.25) is 4.72 Å². The van der Waals surface area contributed by atoms with Crippen molar-refractivity contribution in [2.24, 2.45) is 0 Å². The summed E-state index contributed by atoms with van der Waals surface area (Å²) >= 11 is 0. The van der Waals surface area contributed by atoms with Gasteiger partial charge in [0.1, 0.15) is 5.82 Å². The number of hydrogen-bond donors (Lipinski definition) is 3. The standard InChI is InChI=1S/C19H16FN3O3S/c20-14-6-12-18(13-7-14)27(25,26)23-17-10-8-16(9-11-17)22-19(24)21-15-4-2-1-3-5-15/h1-13,23H,(H2,21,22,24). The molecule has 0 heterocycles.